The van der Waals surface area contributed by atoms with E-state index in [1.54, 1.807) is 0 Å². The number of carbonyl (C=O) groups excluding carboxylic acids is 1. The monoisotopic (exact) mass is 271 g/mol. The summed E-state index contributed by atoms with van der Waals surface area (Å²) in [5.74, 6) is 1.47. The van der Waals surface area contributed by atoms with Gasteiger partial charge in [0.25, 0.3) is 0 Å². The van der Waals surface area contributed by atoms with Crippen LogP contribution in [0.2, 0.25) is 0 Å². The zero-order chi connectivity index (χ0) is 13.1. The quantitative estimate of drug-likeness (QED) is 0.854. The Morgan fingerprint density at radius 1 is 1.21 bits per heavy atom. The van der Waals surface area contributed by atoms with Gasteiger partial charge in [-0.2, -0.15) is 11.8 Å². The van der Waals surface area contributed by atoms with Crippen molar-refractivity contribution in [2.24, 2.45) is 0 Å². The maximum atomic E-state index is 12.2. The van der Waals surface area contributed by atoms with Gasteiger partial charge in [0, 0.05) is 17.5 Å². The molecule has 1 aliphatic rings. The van der Waals surface area contributed by atoms with Gasteiger partial charge in [-0.1, -0.05) is 30.7 Å². The van der Waals surface area contributed by atoms with Crippen molar-refractivity contribution in [3.05, 3.63) is 42.1 Å². The minimum atomic E-state index is 0.196. The second kappa shape index (κ2) is 5.74. The highest BCUT2D eigenvalue weighted by atomic mass is 32.2. The fraction of sp³-hybridized carbons (Fsp3) is 0.375. The number of thioether (sulfide) groups is 1. The van der Waals surface area contributed by atoms with Crippen molar-refractivity contribution < 1.29 is 4.79 Å². The Hall–Kier alpha value is -1.35. The van der Waals surface area contributed by atoms with E-state index in [9.17, 15) is 4.79 Å². The number of ketones is 1. The highest BCUT2D eigenvalue weighted by molar-refractivity contribution is 8.00. The molecule has 2 aromatic rings. The molecular formula is C16H17NOS. The van der Waals surface area contributed by atoms with Crippen LogP contribution in [0.25, 0.3) is 10.9 Å². The van der Waals surface area contributed by atoms with Crippen molar-refractivity contribution in [1.29, 1.82) is 0 Å². The Morgan fingerprint density at radius 2 is 2.11 bits per heavy atom. The first kappa shape index (κ1) is 12.7. The van der Waals surface area contributed by atoms with Gasteiger partial charge in [-0.15, -0.1) is 0 Å². The lowest BCUT2D eigenvalue weighted by atomic mass is 10.1. The number of benzene rings is 1. The molecule has 0 spiro atoms. The summed E-state index contributed by atoms with van der Waals surface area (Å²) in [7, 11) is 0. The van der Waals surface area contributed by atoms with Crippen LogP contribution >= 0.6 is 11.8 Å². The molecule has 0 bridgehead atoms. The number of para-hydroxylation sites is 1. The minimum absolute atomic E-state index is 0.196. The molecule has 1 aromatic carbocycles. The van der Waals surface area contributed by atoms with Gasteiger partial charge in [0.05, 0.1) is 10.8 Å². The number of hydrogen-bond donors (Lipinski definition) is 0. The predicted octanol–water partition coefficient (Wildman–Crippen LogP) is 3.63. The van der Waals surface area contributed by atoms with Crippen molar-refractivity contribution >= 4 is 28.4 Å². The zero-order valence-corrected chi connectivity index (χ0v) is 11.7. The minimum Gasteiger partial charge on any atom is -0.298 e. The molecule has 1 fully saturated rings. The maximum Gasteiger partial charge on any atom is 0.151 e. The van der Waals surface area contributed by atoms with E-state index >= 15 is 0 Å². The normalized spacial score (nSPS) is 19.5. The molecule has 0 radical (unpaired) electrons. The Labute approximate surface area is 117 Å². The van der Waals surface area contributed by atoms with Gasteiger partial charge in [0.2, 0.25) is 0 Å². The maximum absolute atomic E-state index is 12.2. The van der Waals surface area contributed by atoms with Crippen LogP contribution in [-0.4, -0.2) is 21.8 Å². The van der Waals surface area contributed by atoms with Gasteiger partial charge in [-0.05, 0) is 30.7 Å². The van der Waals surface area contributed by atoms with Gasteiger partial charge in [-0.25, -0.2) is 0 Å². The SMILES string of the molecule is O=C(Cc1ccc2ccccc2n1)C1CCCCS1. The topological polar surface area (TPSA) is 30.0 Å². The number of Topliss-reactive ketones (excluding diaryl/α,β-unsaturated/α-hetero) is 1. The summed E-state index contributed by atoms with van der Waals surface area (Å²) in [6, 6.07) is 12.1. The van der Waals surface area contributed by atoms with Crippen molar-refractivity contribution in [3.63, 3.8) is 0 Å². The molecule has 3 heteroatoms. The first-order valence-corrected chi connectivity index (χ1v) is 7.87. The van der Waals surface area contributed by atoms with Gasteiger partial charge in [0.15, 0.2) is 5.78 Å². The molecule has 98 valence electrons. The van der Waals surface area contributed by atoms with Crippen molar-refractivity contribution in [2.45, 2.75) is 30.9 Å². The molecule has 0 amide bonds. The lowest BCUT2D eigenvalue weighted by Crippen LogP contribution is -2.22. The fourth-order valence-electron chi connectivity index (χ4n) is 2.49. The van der Waals surface area contributed by atoms with Crippen LogP contribution in [0.4, 0.5) is 0 Å². The third-order valence-electron chi connectivity index (χ3n) is 3.55. The molecule has 1 unspecified atom stereocenters. The molecule has 2 nitrogen and oxygen atoms in total. The molecule has 2 heterocycles. The molecule has 19 heavy (non-hydrogen) atoms. The highest BCUT2D eigenvalue weighted by Crippen LogP contribution is 2.26. The molecule has 0 N–H and O–H groups in total. The third kappa shape index (κ3) is 2.98. The number of carbonyl (C=O) groups is 1. The Kier molecular flexibility index (Phi) is 3.83. The van der Waals surface area contributed by atoms with Crippen LogP contribution in [0.3, 0.4) is 0 Å². The summed E-state index contributed by atoms with van der Waals surface area (Å²) in [6.07, 6.45) is 3.96. The summed E-state index contributed by atoms with van der Waals surface area (Å²) in [4.78, 5) is 16.8. The van der Waals surface area contributed by atoms with Crippen LogP contribution in [-0.2, 0) is 11.2 Å². The van der Waals surface area contributed by atoms with Crippen LogP contribution in [0.5, 0.6) is 0 Å². The van der Waals surface area contributed by atoms with E-state index in [0.29, 0.717) is 12.2 Å². The predicted molar refractivity (Wildman–Crippen MR) is 80.6 cm³/mol. The summed E-state index contributed by atoms with van der Waals surface area (Å²) < 4.78 is 0. The average molecular weight is 271 g/mol. The molecule has 3 rings (SSSR count). The van der Waals surface area contributed by atoms with Crippen LogP contribution in [0.15, 0.2) is 36.4 Å². The van der Waals surface area contributed by atoms with E-state index in [1.165, 1.54) is 12.8 Å². The Morgan fingerprint density at radius 3 is 2.95 bits per heavy atom. The van der Waals surface area contributed by atoms with Crippen LogP contribution < -0.4 is 0 Å². The first-order valence-electron chi connectivity index (χ1n) is 6.82. The second-order valence-electron chi connectivity index (χ2n) is 4.99. The highest BCUT2D eigenvalue weighted by Gasteiger charge is 2.21. The van der Waals surface area contributed by atoms with Gasteiger partial charge in [0.1, 0.15) is 0 Å². The number of aromatic nitrogens is 1. The van der Waals surface area contributed by atoms with Gasteiger partial charge < -0.3 is 0 Å². The lowest BCUT2D eigenvalue weighted by Gasteiger charge is -2.19. The van der Waals surface area contributed by atoms with Crippen LogP contribution in [0.1, 0.15) is 25.0 Å². The second-order valence-corrected chi connectivity index (χ2v) is 6.30. The molecule has 0 saturated carbocycles. The number of rotatable bonds is 3. The van der Waals surface area contributed by atoms with E-state index in [0.717, 1.165) is 28.8 Å². The average Bonchev–Trinajstić information content (AvgIpc) is 2.48. The van der Waals surface area contributed by atoms with E-state index in [2.05, 4.69) is 11.1 Å². The Balaban J connectivity index is 1.75. The summed E-state index contributed by atoms with van der Waals surface area (Å²) in [5.41, 5.74) is 1.87. The molecule has 1 atom stereocenters. The number of nitrogens with zero attached hydrogens (tertiary/aromatic N) is 1. The Bertz CT molecular complexity index is 590. The molecule has 1 saturated heterocycles. The number of fused-ring (bicyclic) bond motifs is 1. The standard InChI is InChI=1S/C16H17NOS/c18-15(16-7-3-4-10-19-16)11-13-9-8-12-5-1-2-6-14(12)17-13/h1-2,5-6,8-9,16H,3-4,7,10-11H2. The summed E-state index contributed by atoms with van der Waals surface area (Å²) in [6.45, 7) is 0. The van der Waals surface area contributed by atoms with E-state index < -0.39 is 0 Å². The summed E-state index contributed by atoms with van der Waals surface area (Å²) in [5, 5.41) is 1.33. The van der Waals surface area contributed by atoms with Gasteiger partial charge in [-0.3, -0.25) is 9.78 Å². The van der Waals surface area contributed by atoms with Gasteiger partial charge >= 0.3 is 0 Å². The molecular weight excluding hydrogens is 254 g/mol. The third-order valence-corrected chi connectivity index (χ3v) is 4.98. The van der Waals surface area contributed by atoms with E-state index in [1.807, 2.05) is 42.1 Å². The van der Waals surface area contributed by atoms with E-state index in [-0.39, 0.29) is 5.25 Å². The number of pyridine rings is 1. The van der Waals surface area contributed by atoms with Crippen molar-refractivity contribution in [3.8, 4) is 0 Å². The number of hydrogen-bond acceptors (Lipinski definition) is 3. The smallest absolute Gasteiger partial charge is 0.151 e. The van der Waals surface area contributed by atoms with Crippen molar-refractivity contribution in [1.82, 2.24) is 4.98 Å². The zero-order valence-electron chi connectivity index (χ0n) is 10.8. The largest absolute Gasteiger partial charge is 0.298 e. The van der Waals surface area contributed by atoms with E-state index in [4.69, 9.17) is 0 Å². The first-order chi connectivity index (χ1) is 9.33. The van der Waals surface area contributed by atoms with Crippen LogP contribution in [0, 0.1) is 0 Å². The molecule has 1 aliphatic heterocycles. The fourth-order valence-corrected chi connectivity index (χ4v) is 3.75. The van der Waals surface area contributed by atoms with Crippen molar-refractivity contribution in [2.75, 3.05) is 5.75 Å². The molecule has 0 aliphatic carbocycles. The lowest BCUT2D eigenvalue weighted by molar-refractivity contribution is -0.118. The summed E-state index contributed by atoms with van der Waals surface area (Å²) >= 11 is 1.82. The molecule has 1 aromatic heterocycles.